The summed E-state index contributed by atoms with van der Waals surface area (Å²) < 4.78 is 2.17. The molecule has 0 aliphatic heterocycles. The summed E-state index contributed by atoms with van der Waals surface area (Å²) in [6, 6.07) is 11.5. The van der Waals surface area contributed by atoms with Crippen molar-refractivity contribution in [3.63, 3.8) is 0 Å². The molecule has 0 heterocycles. The topological polar surface area (TPSA) is 0 Å². The van der Waals surface area contributed by atoms with Gasteiger partial charge in [-0.2, -0.15) is 0 Å². The number of benzene rings is 1. The van der Waals surface area contributed by atoms with Gasteiger partial charge < -0.3 is 0 Å². The van der Waals surface area contributed by atoms with Gasteiger partial charge >= 0.3 is 123 Å². The van der Waals surface area contributed by atoms with E-state index in [1.54, 1.807) is 4.40 Å². The van der Waals surface area contributed by atoms with Gasteiger partial charge in [-0.15, -0.1) is 0 Å². The summed E-state index contributed by atoms with van der Waals surface area (Å²) in [5.41, 5.74) is 0. The van der Waals surface area contributed by atoms with Crippen molar-refractivity contribution in [3.8, 4) is 0 Å². The Morgan fingerprint density at radius 1 is 0.842 bits per heavy atom. The number of rotatable bonds is 5. The molecule has 1 rings (SSSR count). The van der Waals surface area contributed by atoms with Crippen LogP contribution in [0.1, 0.15) is 48.5 Å². The average molecular weight is 321 g/mol. The molecule has 1 aromatic carbocycles. The summed E-state index contributed by atoms with van der Waals surface area (Å²) in [4.78, 5) is 0. The third-order valence-electron chi connectivity index (χ3n) is 4.28. The Hall–Kier alpha value is -0.237. The monoisotopic (exact) mass is 322 g/mol. The van der Waals surface area contributed by atoms with Crippen LogP contribution in [0, 0.1) is 11.8 Å². The van der Waals surface area contributed by atoms with Crippen LogP contribution < -0.4 is 4.40 Å². The zero-order valence-corrected chi connectivity index (χ0v) is 16.1. The molecule has 0 atom stereocenters. The molecule has 0 aliphatic rings. The van der Waals surface area contributed by atoms with Gasteiger partial charge in [-0.25, -0.2) is 0 Å². The van der Waals surface area contributed by atoms with E-state index in [1.165, 1.54) is 10.5 Å². The minimum atomic E-state index is -2.12. The summed E-state index contributed by atoms with van der Waals surface area (Å²) in [5.74, 6) is 1.61. The van der Waals surface area contributed by atoms with Crippen molar-refractivity contribution in [3.05, 3.63) is 30.3 Å². The Bertz CT molecular complexity index is 360. The molecule has 1 aromatic rings. The van der Waals surface area contributed by atoms with Gasteiger partial charge in [-0.3, -0.25) is 0 Å². The summed E-state index contributed by atoms with van der Waals surface area (Å²) in [7, 11) is 0. The van der Waals surface area contributed by atoms with Crippen molar-refractivity contribution < 1.29 is 0 Å². The predicted molar refractivity (Wildman–Crippen MR) is 90.8 cm³/mol. The average Bonchev–Trinajstić information content (AvgIpc) is 2.26. The van der Waals surface area contributed by atoms with Crippen LogP contribution in [0.2, 0.25) is 14.8 Å². The van der Waals surface area contributed by atoms with E-state index in [2.05, 4.69) is 78.8 Å². The van der Waals surface area contributed by atoms with Gasteiger partial charge in [0.15, 0.2) is 0 Å². The van der Waals surface area contributed by atoms with Crippen LogP contribution >= 0.6 is 0 Å². The zero-order chi connectivity index (χ0) is 14.7. The second-order valence-corrected chi connectivity index (χ2v) is 18.5. The third-order valence-corrected chi connectivity index (χ3v) is 19.7. The summed E-state index contributed by atoms with van der Waals surface area (Å²) in [6.45, 7) is 17.1. The predicted octanol–water partition coefficient (Wildman–Crippen LogP) is 5.45. The fourth-order valence-corrected chi connectivity index (χ4v) is 16.8. The van der Waals surface area contributed by atoms with Crippen LogP contribution in [0.15, 0.2) is 30.3 Å². The molecule has 0 fully saturated rings. The van der Waals surface area contributed by atoms with Crippen LogP contribution in [-0.2, 0) is 0 Å². The molecule has 0 bridgehead atoms. The zero-order valence-electron chi connectivity index (χ0n) is 14.0. The van der Waals surface area contributed by atoms with Gasteiger partial charge in [0.1, 0.15) is 0 Å². The van der Waals surface area contributed by atoms with E-state index in [9.17, 15) is 0 Å². The molecule has 0 saturated carbocycles. The first-order valence-corrected chi connectivity index (χ1v) is 12.8. The first-order valence-electron chi connectivity index (χ1n) is 7.74. The van der Waals surface area contributed by atoms with E-state index in [4.69, 9.17) is 0 Å². The molecule has 108 valence electrons. The summed E-state index contributed by atoms with van der Waals surface area (Å²) in [5, 5.41) is 2.90. The Kier molecular flexibility index (Phi) is 5.73. The van der Waals surface area contributed by atoms with Gasteiger partial charge in [0.2, 0.25) is 0 Å². The van der Waals surface area contributed by atoms with Crippen molar-refractivity contribution >= 4 is 17.7 Å². The van der Waals surface area contributed by atoms with Gasteiger partial charge in [0, 0.05) is 0 Å². The van der Waals surface area contributed by atoms with Crippen LogP contribution in [0.4, 0.5) is 0 Å². The SMILES string of the molecule is CC(C)[CH2][Ge]([CH2]C(C)C)([c]1ccccc1)[C](C)(C)C. The normalized spacial score (nSPS) is 13.3. The minimum absolute atomic E-state index is 0.468. The molecular formula is C18H32Ge. The summed E-state index contributed by atoms with van der Waals surface area (Å²) in [6.07, 6.45) is 0. The van der Waals surface area contributed by atoms with Crippen molar-refractivity contribution in [2.24, 2.45) is 11.8 Å². The first-order chi connectivity index (χ1) is 8.69. The fourth-order valence-electron chi connectivity index (χ4n) is 3.52. The summed E-state index contributed by atoms with van der Waals surface area (Å²) >= 11 is -2.12. The molecule has 0 amide bonds. The standard InChI is InChI=1S/C18H32Ge/c1-15(2)13-19(14-16(3)4,18(5,6)7)17-11-9-8-10-12-17/h8-12,15-16H,13-14H2,1-7H3. The van der Waals surface area contributed by atoms with Crippen LogP contribution in [0.3, 0.4) is 0 Å². The Morgan fingerprint density at radius 2 is 1.26 bits per heavy atom. The van der Waals surface area contributed by atoms with Gasteiger partial charge in [-0.1, -0.05) is 0 Å². The molecule has 0 saturated heterocycles. The van der Waals surface area contributed by atoms with Gasteiger partial charge in [0.25, 0.3) is 0 Å². The first kappa shape index (κ1) is 16.8. The van der Waals surface area contributed by atoms with Crippen molar-refractivity contribution in [1.82, 2.24) is 0 Å². The molecule has 0 spiro atoms. The molecule has 0 radical (unpaired) electrons. The number of hydrogen-bond donors (Lipinski definition) is 0. The van der Waals surface area contributed by atoms with Crippen LogP contribution in [0.25, 0.3) is 0 Å². The Labute approximate surface area is 123 Å². The van der Waals surface area contributed by atoms with E-state index >= 15 is 0 Å². The van der Waals surface area contributed by atoms with E-state index < -0.39 is 13.3 Å². The fraction of sp³-hybridized carbons (Fsp3) is 0.667. The van der Waals surface area contributed by atoms with Crippen molar-refractivity contribution in [2.45, 2.75) is 63.2 Å². The van der Waals surface area contributed by atoms with Crippen LogP contribution in [-0.4, -0.2) is 13.3 Å². The van der Waals surface area contributed by atoms with Gasteiger partial charge in [0.05, 0.1) is 0 Å². The molecular weight excluding hydrogens is 289 g/mol. The van der Waals surface area contributed by atoms with Crippen molar-refractivity contribution in [2.75, 3.05) is 0 Å². The van der Waals surface area contributed by atoms with Gasteiger partial charge in [-0.05, 0) is 0 Å². The van der Waals surface area contributed by atoms with E-state index in [0.29, 0.717) is 4.25 Å². The third kappa shape index (κ3) is 4.11. The molecule has 0 N–H and O–H groups in total. The second kappa shape index (κ2) is 6.48. The number of hydrogen-bond acceptors (Lipinski definition) is 0. The van der Waals surface area contributed by atoms with E-state index in [0.717, 1.165) is 11.8 Å². The quantitative estimate of drug-likeness (QED) is 0.632. The maximum absolute atomic E-state index is 2.49. The van der Waals surface area contributed by atoms with E-state index in [-0.39, 0.29) is 0 Å². The molecule has 0 unspecified atom stereocenters. The second-order valence-electron chi connectivity index (χ2n) is 7.89. The Morgan fingerprint density at radius 3 is 1.58 bits per heavy atom. The molecule has 1 heteroatoms. The Balaban J connectivity index is 3.34. The maximum atomic E-state index is 2.49. The van der Waals surface area contributed by atoms with Crippen molar-refractivity contribution in [1.29, 1.82) is 0 Å². The molecule has 0 aliphatic carbocycles. The van der Waals surface area contributed by atoms with Crippen LogP contribution in [0.5, 0.6) is 0 Å². The molecule has 19 heavy (non-hydrogen) atoms. The van der Waals surface area contributed by atoms with E-state index in [1.807, 2.05) is 0 Å². The molecule has 0 nitrogen and oxygen atoms in total. The molecule has 0 aromatic heterocycles.